The molecule has 0 fully saturated rings. The van der Waals surface area contributed by atoms with Gasteiger partial charge in [-0.2, -0.15) is 0 Å². The van der Waals surface area contributed by atoms with E-state index in [0.29, 0.717) is 12.3 Å². The van der Waals surface area contributed by atoms with Gasteiger partial charge in [-0.25, -0.2) is 0 Å². The number of nitro benzene ring substituents is 1. The Bertz CT molecular complexity index is 421. The Kier molecular flexibility index (Phi) is 6.24. The molecule has 0 bridgehead atoms. The quantitative estimate of drug-likeness (QED) is 0.427. The molecule has 19 heavy (non-hydrogen) atoms. The van der Waals surface area contributed by atoms with Crippen LogP contribution < -0.4 is 10.1 Å². The number of nitrogens with one attached hydrogen (secondary N) is 1. The zero-order chi connectivity index (χ0) is 14.3. The molecular formula is C13H20N2O4. The Labute approximate surface area is 112 Å². The predicted molar refractivity (Wildman–Crippen MR) is 72.3 cm³/mol. The van der Waals surface area contributed by atoms with E-state index in [2.05, 4.69) is 5.32 Å². The van der Waals surface area contributed by atoms with Crippen molar-refractivity contribution in [3.8, 4) is 5.75 Å². The van der Waals surface area contributed by atoms with Gasteiger partial charge in [-0.1, -0.05) is 6.92 Å². The lowest BCUT2D eigenvalue weighted by Crippen LogP contribution is -2.17. The van der Waals surface area contributed by atoms with E-state index >= 15 is 0 Å². The number of nitro groups is 1. The van der Waals surface area contributed by atoms with E-state index < -0.39 is 11.0 Å². The van der Waals surface area contributed by atoms with E-state index in [-0.39, 0.29) is 12.3 Å². The Balaban J connectivity index is 2.84. The molecule has 2 N–H and O–H groups in total. The van der Waals surface area contributed by atoms with Crippen molar-refractivity contribution in [2.24, 2.45) is 0 Å². The maximum atomic E-state index is 10.8. The van der Waals surface area contributed by atoms with Gasteiger partial charge in [-0.05, 0) is 26.0 Å². The average molecular weight is 268 g/mol. The van der Waals surface area contributed by atoms with Gasteiger partial charge in [0.2, 0.25) is 0 Å². The molecule has 1 aromatic carbocycles. The maximum absolute atomic E-state index is 10.8. The van der Waals surface area contributed by atoms with Crippen LogP contribution in [0.4, 0.5) is 5.69 Å². The molecule has 0 heterocycles. The summed E-state index contributed by atoms with van der Waals surface area (Å²) in [6, 6.07) is 4.48. The fraction of sp³-hybridized carbons (Fsp3) is 0.538. The van der Waals surface area contributed by atoms with Crippen molar-refractivity contribution in [3.63, 3.8) is 0 Å². The Hall–Kier alpha value is -1.66. The third-order valence-corrected chi connectivity index (χ3v) is 2.48. The van der Waals surface area contributed by atoms with Crippen molar-refractivity contribution in [1.29, 1.82) is 0 Å². The summed E-state index contributed by atoms with van der Waals surface area (Å²) in [5, 5.41) is 23.2. The molecule has 0 aromatic heterocycles. The zero-order valence-electron chi connectivity index (χ0n) is 11.3. The first-order chi connectivity index (χ1) is 9.04. The molecule has 106 valence electrons. The SMILES string of the molecule is CCCNCc1cc([N+](=O)[O-])ccc1OCC(C)O. The van der Waals surface area contributed by atoms with Crippen LogP contribution in [-0.2, 0) is 6.54 Å². The maximum Gasteiger partial charge on any atom is 0.270 e. The van der Waals surface area contributed by atoms with Crippen molar-refractivity contribution >= 4 is 5.69 Å². The van der Waals surface area contributed by atoms with Crippen LogP contribution in [-0.4, -0.2) is 29.3 Å². The highest BCUT2D eigenvalue weighted by Gasteiger charge is 2.12. The predicted octanol–water partition coefficient (Wildman–Crippen LogP) is 1.85. The van der Waals surface area contributed by atoms with Crippen LogP contribution in [0.25, 0.3) is 0 Å². The summed E-state index contributed by atoms with van der Waals surface area (Å²) in [5.41, 5.74) is 0.765. The van der Waals surface area contributed by atoms with Gasteiger partial charge >= 0.3 is 0 Å². The number of rotatable bonds is 8. The minimum Gasteiger partial charge on any atom is -0.491 e. The van der Waals surface area contributed by atoms with E-state index in [0.717, 1.165) is 18.5 Å². The molecule has 0 radical (unpaired) electrons. The van der Waals surface area contributed by atoms with Gasteiger partial charge in [0.25, 0.3) is 5.69 Å². The van der Waals surface area contributed by atoms with Crippen LogP contribution in [0.5, 0.6) is 5.75 Å². The highest BCUT2D eigenvalue weighted by atomic mass is 16.6. The minimum absolute atomic E-state index is 0.0395. The number of benzene rings is 1. The normalized spacial score (nSPS) is 12.2. The van der Waals surface area contributed by atoms with Gasteiger partial charge in [-0.15, -0.1) is 0 Å². The number of hydrogen-bond donors (Lipinski definition) is 2. The number of non-ortho nitro benzene ring substituents is 1. The first-order valence-electron chi connectivity index (χ1n) is 6.33. The van der Waals surface area contributed by atoms with Crippen LogP contribution in [0.3, 0.4) is 0 Å². The molecule has 1 unspecified atom stereocenters. The van der Waals surface area contributed by atoms with Crippen LogP contribution in [0.2, 0.25) is 0 Å². The van der Waals surface area contributed by atoms with Gasteiger partial charge in [0.15, 0.2) is 0 Å². The average Bonchev–Trinajstić information content (AvgIpc) is 2.37. The van der Waals surface area contributed by atoms with Crippen molar-refractivity contribution < 1.29 is 14.8 Å². The van der Waals surface area contributed by atoms with Crippen molar-refractivity contribution in [2.45, 2.75) is 32.9 Å². The van der Waals surface area contributed by atoms with Crippen LogP contribution in [0.15, 0.2) is 18.2 Å². The lowest BCUT2D eigenvalue weighted by molar-refractivity contribution is -0.384. The Morgan fingerprint density at radius 3 is 2.84 bits per heavy atom. The molecule has 0 spiro atoms. The van der Waals surface area contributed by atoms with Gasteiger partial charge in [0, 0.05) is 24.2 Å². The summed E-state index contributed by atoms with van der Waals surface area (Å²) in [4.78, 5) is 10.3. The largest absolute Gasteiger partial charge is 0.491 e. The molecule has 1 aromatic rings. The molecule has 0 aliphatic carbocycles. The first-order valence-corrected chi connectivity index (χ1v) is 6.33. The summed E-state index contributed by atoms with van der Waals surface area (Å²) in [6.07, 6.45) is 0.408. The lowest BCUT2D eigenvalue weighted by Gasteiger charge is -2.13. The smallest absolute Gasteiger partial charge is 0.270 e. The fourth-order valence-corrected chi connectivity index (χ4v) is 1.57. The molecule has 6 heteroatoms. The Morgan fingerprint density at radius 2 is 2.26 bits per heavy atom. The van der Waals surface area contributed by atoms with E-state index in [1.54, 1.807) is 13.0 Å². The first kappa shape index (κ1) is 15.4. The summed E-state index contributed by atoms with van der Waals surface area (Å²) < 4.78 is 5.45. The molecule has 6 nitrogen and oxygen atoms in total. The monoisotopic (exact) mass is 268 g/mol. The van der Waals surface area contributed by atoms with Gasteiger partial charge in [0.1, 0.15) is 12.4 Å². The van der Waals surface area contributed by atoms with Crippen LogP contribution in [0, 0.1) is 10.1 Å². The van der Waals surface area contributed by atoms with Gasteiger partial charge in [0.05, 0.1) is 11.0 Å². The second kappa shape index (κ2) is 7.70. The summed E-state index contributed by atoms with van der Waals surface area (Å²) in [7, 11) is 0. The van der Waals surface area contributed by atoms with Crippen molar-refractivity contribution in [3.05, 3.63) is 33.9 Å². The highest BCUT2D eigenvalue weighted by molar-refractivity contribution is 5.43. The molecule has 0 amide bonds. The van der Waals surface area contributed by atoms with Crippen LogP contribution >= 0.6 is 0 Å². The van der Waals surface area contributed by atoms with E-state index in [9.17, 15) is 15.2 Å². The number of aliphatic hydroxyl groups excluding tert-OH is 1. The molecule has 0 saturated heterocycles. The molecule has 1 atom stereocenters. The summed E-state index contributed by atoms with van der Waals surface area (Å²) >= 11 is 0. The summed E-state index contributed by atoms with van der Waals surface area (Å²) in [5.74, 6) is 0.565. The second-order valence-corrected chi connectivity index (χ2v) is 4.39. The van der Waals surface area contributed by atoms with E-state index in [1.165, 1.54) is 12.1 Å². The van der Waals surface area contributed by atoms with Gasteiger partial charge in [-0.3, -0.25) is 10.1 Å². The van der Waals surface area contributed by atoms with Crippen molar-refractivity contribution in [1.82, 2.24) is 5.32 Å². The number of ether oxygens (including phenoxy) is 1. The van der Waals surface area contributed by atoms with E-state index in [1.807, 2.05) is 6.92 Å². The highest BCUT2D eigenvalue weighted by Crippen LogP contribution is 2.24. The molecule has 1 rings (SSSR count). The zero-order valence-corrected chi connectivity index (χ0v) is 11.3. The van der Waals surface area contributed by atoms with Crippen LogP contribution in [0.1, 0.15) is 25.8 Å². The number of aliphatic hydroxyl groups is 1. The molecule has 0 saturated carbocycles. The fourth-order valence-electron chi connectivity index (χ4n) is 1.57. The lowest BCUT2D eigenvalue weighted by atomic mass is 10.1. The topological polar surface area (TPSA) is 84.6 Å². The molecule has 0 aliphatic heterocycles. The third kappa shape index (κ3) is 5.23. The molecule has 0 aliphatic rings. The Morgan fingerprint density at radius 1 is 1.53 bits per heavy atom. The minimum atomic E-state index is -0.577. The number of nitrogens with zero attached hydrogens (tertiary/aromatic N) is 1. The second-order valence-electron chi connectivity index (χ2n) is 4.39. The van der Waals surface area contributed by atoms with Crippen molar-refractivity contribution in [2.75, 3.05) is 13.2 Å². The molecular weight excluding hydrogens is 248 g/mol. The summed E-state index contributed by atoms with van der Waals surface area (Å²) in [6.45, 7) is 5.17. The third-order valence-electron chi connectivity index (χ3n) is 2.48. The number of hydrogen-bond acceptors (Lipinski definition) is 5. The standard InChI is InChI=1S/C13H20N2O4/c1-3-6-14-8-11-7-12(15(17)18)4-5-13(11)19-9-10(2)16/h4-5,7,10,14,16H,3,6,8-9H2,1-2H3. The van der Waals surface area contributed by atoms with E-state index in [4.69, 9.17) is 4.74 Å². The van der Waals surface area contributed by atoms with Gasteiger partial charge < -0.3 is 15.2 Å².